The first-order valence-corrected chi connectivity index (χ1v) is 9.88. The number of carbonyl (C=O) groups is 2. The number of piperidine rings is 1. The molecule has 0 saturated carbocycles. The van der Waals surface area contributed by atoms with Crippen LogP contribution < -0.4 is 5.32 Å². The van der Waals surface area contributed by atoms with Crippen LogP contribution in [-0.2, 0) is 17.8 Å². The molecule has 1 aromatic carbocycles. The molecular weight excluding hydrogens is 356 g/mol. The van der Waals surface area contributed by atoms with Crippen LogP contribution in [0.4, 0.5) is 0 Å². The summed E-state index contributed by atoms with van der Waals surface area (Å²) in [4.78, 5) is 26.4. The van der Waals surface area contributed by atoms with E-state index in [-0.39, 0.29) is 11.8 Å². The quantitative estimate of drug-likeness (QED) is 0.757. The smallest absolute Gasteiger partial charge is 0.254 e. The summed E-state index contributed by atoms with van der Waals surface area (Å²) in [6.45, 7) is 4.51. The standard InChI is InChI=1S/C21H28N4O3/c1-2-25-15-18(14-23-25)20(27)22-13-17-8-10-24(11-9-17)21(28)19(26)12-16-6-4-3-5-7-16/h3-7,14-15,17,19,26H,2,8-13H2,1H3,(H,22,27)/t19-/m0/s1. The molecule has 1 saturated heterocycles. The van der Waals surface area contributed by atoms with E-state index < -0.39 is 6.10 Å². The zero-order valence-electron chi connectivity index (χ0n) is 16.3. The summed E-state index contributed by atoms with van der Waals surface area (Å²) in [5.74, 6) is 0.00953. The van der Waals surface area contributed by atoms with Gasteiger partial charge >= 0.3 is 0 Å². The monoisotopic (exact) mass is 384 g/mol. The van der Waals surface area contributed by atoms with E-state index >= 15 is 0 Å². The average molecular weight is 384 g/mol. The molecule has 2 aromatic rings. The highest BCUT2D eigenvalue weighted by atomic mass is 16.3. The van der Waals surface area contributed by atoms with Gasteiger partial charge in [-0.05, 0) is 31.2 Å². The largest absolute Gasteiger partial charge is 0.383 e. The third-order valence-corrected chi connectivity index (χ3v) is 5.25. The third-order valence-electron chi connectivity index (χ3n) is 5.25. The number of aliphatic hydroxyl groups excluding tert-OH is 1. The van der Waals surface area contributed by atoms with Crippen LogP contribution in [0, 0.1) is 5.92 Å². The lowest BCUT2D eigenvalue weighted by atomic mass is 9.96. The summed E-state index contributed by atoms with van der Waals surface area (Å²) >= 11 is 0. The molecule has 2 N–H and O–H groups in total. The van der Waals surface area contributed by atoms with E-state index in [1.807, 2.05) is 37.3 Å². The van der Waals surface area contributed by atoms with E-state index in [4.69, 9.17) is 0 Å². The van der Waals surface area contributed by atoms with Gasteiger partial charge in [0.2, 0.25) is 0 Å². The normalized spacial score (nSPS) is 16.0. The second-order valence-electron chi connectivity index (χ2n) is 7.27. The van der Waals surface area contributed by atoms with E-state index in [0.29, 0.717) is 37.5 Å². The molecular formula is C21H28N4O3. The van der Waals surface area contributed by atoms with Gasteiger partial charge in [-0.15, -0.1) is 0 Å². The lowest BCUT2D eigenvalue weighted by Gasteiger charge is -2.33. The van der Waals surface area contributed by atoms with E-state index in [1.54, 1.807) is 22.0 Å². The minimum Gasteiger partial charge on any atom is -0.383 e. The summed E-state index contributed by atoms with van der Waals surface area (Å²) in [5.41, 5.74) is 1.52. The molecule has 0 radical (unpaired) electrons. The zero-order valence-corrected chi connectivity index (χ0v) is 16.3. The van der Waals surface area contributed by atoms with Crippen LogP contribution >= 0.6 is 0 Å². The van der Waals surface area contributed by atoms with Gasteiger partial charge in [-0.1, -0.05) is 30.3 Å². The molecule has 1 aliphatic heterocycles. The lowest BCUT2D eigenvalue weighted by molar-refractivity contribution is -0.141. The number of amides is 2. The van der Waals surface area contributed by atoms with Gasteiger partial charge in [0, 0.05) is 38.8 Å². The van der Waals surface area contributed by atoms with Crippen molar-refractivity contribution < 1.29 is 14.7 Å². The maximum absolute atomic E-state index is 12.5. The van der Waals surface area contributed by atoms with Crippen molar-refractivity contribution in [2.75, 3.05) is 19.6 Å². The molecule has 1 aromatic heterocycles. The second kappa shape index (κ2) is 9.50. The molecule has 150 valence electrons. The van der Waals surface area contributed by atoms with Gasteiger partial charge in [0.05, 0.1) is 11.8 Å². The maximum Gasteiger partial charge on any atom is 0.254 e. The SMILES string of the molecule is CCn1cc(C(=O)NCC2CCN(C(=O)[C@@H](O)Cc3ccccc3)CC2)cn1. The fourth-order valence-electron chi connectivity index (χ4n) is 3.49. The number of aromatic nitrogens is 2. The third kappa shape index (κ3) is 5.19. The Labute approximate surface area is 165 Å². The molecule has 1 fully saturated rings. The summed E-state index contributed by atoms with van der Waals surface area (Å²) in [6, 6.07) is 9.54. The molecule has 0 unspecified atom stereocenters. The lowest BCUT2D eigenvalue weighted by Crippen LogP contribution is -2.46. The summed E-state index contributed by atoms with van der Waals surface area (Å²) < 4.78 is 1.72. The molecule has 0 bridgehead atoms. The highest BCUT2D eigenvalue weighted by Crippen LogP contribution is 2.18. The molecule has 0 aliphatic carbocycles. The van der Waals surface area contributed by atoms with Crippen LogP contribution in [0.15, 0.2) is 42.7 Å². The maximum atomic E-state index is 12.5. The van der Waals surface area contributed by atoms with Crippen molar-refractivity contribution in [3.05, 3.63) is 53.9 Å². The second-order valence-corrected chi connectivity index (χ2v) is 7.27. The molecule has 7 heteroatoms. The van der Waals surface area contributed by atoms with E-state index in [0.717, 1.165) is 24.9 Å². The number of nitrogens with zero attached hydrogens (tertiary/aromatic N) is 3. The number of aryl methyl sites for hydroxylation is 1. The van der Waals surface area contributed by atoms with Gasteiger partial charge in [-0.25, -0.2) is 0 Å². The zero-order chi connectivity index (χ0) is 19.9. The minimum atomic E-state index is -1.01. The number of aliphatic hydroxyl groups is 1. The Kier molecular flexibility index (Phi) is 6.81. The number of hydrogen-bond acceptors (Lipinski definition) is 4. The summed E-state index contributed by atoms with van der Waals surface area (Å²) in [5, 5.41) is 17.3. The topological polar surface area (TPSA) is 87.5 Å². The first-order chi connectivity index (χ1) is 13.6. The fraction of sp³-hybridized carbons (Fsp3) is 0.476. The molecule has 2 amide bonds. The van der Waals surface area contributed by atoms with Crippen molar-refractivity contribution in [3.8, 4) is 0 Å². The van der Waals surface area contributed by atoms with Gasteiger partial charge in [0.1, 0.15) is 6.10 Å². The van der Waals surface area contributed by atoms with Gasteiger partial charge in [-0.2, -0.15) is 5.10 Å². The van der Waals surface area contributed by atoms with Crippen LogP contribution in [0.5, 0.6) is 0 Å². The van der Waals surface area contributed by atoms with Crippen molar-refractivity contribution in [2.24, 2.45) is 5.92 Å². The van der Waals surface area contributed by atoms with Crippen molar-refractivity contribution in [1.29, 1.82) is 0 Å². The van der Waals surface area contributed by atoms with Gasteiger partial charge in [0.15, 0.2) is 0 Å². The number of rotatable bonds is 7. The van der Waals surface area contributed by atoms with Crippen LogP contribution in [0.1, 0.15) is 35.7 Å². The number of nitrogens with one attached hydrogen (secondary N) is 1. The van der Waals surface area contributed by atoms with E-state index in [9.17, 15) is 14.7 Å². The van der Waals surface area contributed by atoms with Crippen molar-refractivity contribution in [2.45, 2.75) is 38.8 Å². The van der Waals surface area contributed by atoms with Gasteiger partial charge < -0.3 is 15.3 Å². The Bertz CT molecular complexity index is 782. The first-order valence-electron chi connectivity index (χ1n) is 9.88. The van der Waals surface area contributed by atoms with Crippen LogP contribution in [0.3, 0.4) is 0 Å². The van der Waals surface area contributed by atoms with Crippen LogP contribution in [0.25, 0.3) is 0 Å². The van der Waals surface area contributed by atoms with Crippen molar-refractivity contribution in [1.82, 2.24) is 20.0 Å². The Morgan fingerprint density at radius 2 is 1.96 bits per heavy atom. The Morgan fingerprint density at radius 3 is 2.61 bits per heavy atom. The molecule has 1 atom stereocenters. The molecule has 1 aliphatic rings. The number of hydrogen-bond donors (Lipinski definition) is 2. The van der Waals surface area contributed by atoms with Crippen LogP contribution in [-0.4, -0.2) is 57.3 Å². The molecule has 7 nitrogen and oxygen atoms in total. The first kappa shape index (κ1) is 20.1. The molecule has 0 spiro atoms. The number of likely N-dealkylation sites (tertiary alicyclic amines) is 1. The predicted octanol–water partition coefficient (Wildman–Crippen LogP) is 1.47. The Balaban J connectivity index is 1.41. The fourth-order valence-corrected chi connectivity index (χ4v) is 3.49. The highest BCUT2D eigenvalue weighted by molar-refractivity contribution is 5.93. The molecule has 3 rings (SSSR count). The van der Waals surface area contributed by atoms with E-state index in [2.05, 4.69) is 10.4 Å². The number of benzene rings is 1. The Hall–Kier alpha value is -2.67. The average Bonchev–Trinajstić information content (AvgIpc) is 3.22. The Morgan fingerprint density at radius 1 is 1.25 bits per heavy atom. The molecule has 28 heavy (non-hydrogen) atoms. The summed E-state index contributed by atoms with van der Waals surface area (Å²) in [7, 11) is 0. The van der Waals surface area contributed by atoms with Crippen molar-refractivity contribution >= 4 is 11.8 Å². The van der Waals surface area contributed by atoms with Gasteiger partial charge in [-0.3, -0.25) is 14.3 Å². The molecule has 2 heterocycles. The predicted molar refractivity (Wildman–Crippen MR) is 106 cm³/mol. The van der Waals surface area contributed by atoms with E-state index in [1.165, 1.54) is 0 Å². The van der Waals surface area contributed by atoms with Gasteiger partial charge in [0.25, 0.3) is 11.8 Å². The minimum absolute atomic E-state index is 0.114. The van der Waals surface area contributed by atoms with Crippen molar-refractivity contribution in [3.63, 3.8) is 0 Å². The number of carbonyl (C=O) groups excluding carboxylic acids is 2. The van der Waals surface area contributed by atoms with Crippen LogP contribution in [0.2, 0.25) is 0 Å². The highest BCUT2D eigenvalue weighted by Gasteiger charge is 2.27. The summed E-state index contributed by atoms with van der Waals surface area (Å²) in [6.07, 6.45) is 4.28.